The van der Waals surface area contributed by atoms with Crippen molar-refractivity contribution < 1.29 is 14.3 Å². The Hall–Kier alpha value is -0.650. The van der Waals surface area contributed by atoms with Gasteiger partial charge in [0.25, 0.3) is 0 Å². The van der Waals surface area contributed by atoms with E-state index in [1.165, 1.54) is 6.42 Å². The van der Waals surface area contributed by atoms with Gasteiger partial charge >= 0.3 is 5.97 Å². The first-order chi connectivity index (χ1) is 8.13. The number of esters is 1. The molecular formula is C12H24N2O3. The zero-order chi connectivity index (χ0) is 12.7. The highest BCUT2D eigenvalue weighted by Crippen LogP contribution is 2.13. The van der Waals surface area contributed by atoms with E-state index in [0.29, 0.717) is 13.2 Å². The number of hydrogen-bond donors (Lipinski definition) is 1. The van der Waals surface area contributed by atoms with Crippen molar-refractivity contribution in [2.75, 3.05) is 33.4 Å². The minimum atomic E-state index is -0.566. The van der Waals surface area contributed by atoms with Crippen molar-refractivity contribution in [3.05, 3.63) is 0 Å². The van der Waals surface area contributed by atoms with E-state index in [9.17, 15) is 4.79 Å². The monoisotopic (exact) mass is 244 g/mol. The molecule has 0 aromatic carbocycles. The number of hydrogen-bond acceptors (Lipinski definition) is 5. The highest BCUT2D eigenvalue weighted by atomic mass is 16.5. The van der Waals surface area contributed by atoms with Gasteiger partial charge in [-0.1, -0.05) is 0 Å². The van der Waals surface area contributed by atoms with Gasteiger partial charge in [-0.3, -0.25) is 4.79 Å². The second kappa shape index (κ2) is 7.63. The molecule has 1 heterocycles. The highest BCUT2D eigenvalue weighted by Gasteiger charge is 2.20. The summed E-state index contributed by atoms with van der Waals surface area (Å²) in [6, 6.07) is -0.566. The van der Waals surface area contributed by atoms with Crippen molar-refractivity contribution in [3.63, 3.8) is 0 Å². The maximum atomic E-state index is 11.4. The molecule has 5 heteroatoms. The topological polar surface area (TPSA) is 64.8 Å². The predicted octanol–water partition coefficient (Wildman–Crippen LogP) is 0.378. The summed E-state index contributed by atoms with van der Waals surface area (Å²) >= 11 is 0. The van der Waals surface area contributed by atoms with Gasteiger partial charge < -0.3 is 20.1 Å². The van der Waals surface area contributed by atoms with E-state index < -0.39 is 6.04 Å². The van der Waals surface area contributed by atoms with Gasteiger partial charge in [0.05, 0.1) is 12.7 Å². The minimum Gasteiger partial charge on any atom is -0.465 e. The molecule has 0 radical (unpaired) electrons. The van der Waals surface area contributed by atoms with Gasteiger partial charge in [0.2, 0.25) is 0 Å². The van der Waals surface area contributed by atoms with E-state index in [-0.39, 0.29) is 12.1 Å². The molecule has 2 unspecified atom stereocenters. The normalized spacial score (nSPS) is 22.5. The number of carbonyl (C=O) groups excluding carboxylic acids is 1. The molecule has 0 aliphatic carbocycles. The number of ether oxygens (including phenoxy) is 2. The molecule has 0 aromatic rings. The number of rotatable bonds is 6. The van der Waals surface area contributed by atoms with Gasteiger partial charge in [-0.05, 0) is 33.2 Å². The van der Waals surface area contributed by atoms with Crippen molar-refractivity contribution in [2.24, 2.45) is 5.73 Å². The standard InChI is InChI=1S/C12H24N2O3/c1-3-16-12(15)11(13)9-14(2)8-10-6-4-5-7-17-10/h10-11H,3-9,13H2,1-2H3. The summed E-state index contributed by atoms with van der Waals surface area (Å²) < 4.78 is 10.5. The Labute approximate surface area is 103 Å². The van der Waals surface area contributed by atoms with Gasteiger partial charge in [0, 0.05) is 19.7 Å². The molecular weight excluding hydrogens is 220 g/mol. The smallest absolute Gasteiger partial charge is 0.324 e. The summed E-state index contributed by atoms with van der Waals surface area (Å²) in [6.45, 7) is 4.35. The van der Waals surface area contributed by atoms with Crippen LogP contribution in [0.5, 0.6) is 0 Å². The van der Waals surface area contributed by atoms with Gasteiger partial charge in [-0.2, -0.15) is 0 Å². The molecule has 5 nitrogen and oxygen atoms in total. The molecule has 1 aliphatic rings. The Morgan fingerprint density at radius 1 is 1.59 bits per heavy atom. The first-order valence-corrected chi connectivity index (χ1v) is 6.35. The van der Waals surface area contributed by atoms with E-state index >= 15 is 0 Å². The molecule has 1 saturated heterocycles. The third-order valence-corrected chi connectivity index (χ3v) is 2.89. The van der Waals surface area contributed by atoms with Crippen LogP contribution in [0.4, 0.5) is 0 Å². The third kappa shape index (κ3) is 5.48. The zero-order valence-electron chi connectivity index (χ0n) is 10.9. The average Bonchev–Trinajstić information content (AvgIpc) is 2.30. The van der Waals surface area contributed by atoms with Gasteiger partial charge in [0.15, 0.2) is 0 Å². The Balaban J connectivity index is 2.22. The van der Waals surface area contributed by atoms with Crippen molar-refractivity contribution in [1.82, 2.24) is 4.90 Å². The summed E-state index contributed by atoms with van der Waals surface area (Å²) in [6.07, 6.45) is 3.76. The molecule has 2 atom stereocenters. The Morgan fingerprint density at radius 3 is 2.94 bits per heavy atom. The van der Waals surface area contributed by atoms with Crippen LogP contribution in [0.1, 0.15) is 26.2 Å². The summed E-state index contributed by atoms with van der Waals surface area (Å²) in [5, 5.41) is 0. The van der Waals surface area contributed by atoms with Gasteiger partial charge in [-0.15, -0.1) is 0 Å². The Kier molecular flexibility index (Phi) is 6.47. The lowest BCUT2D eigenvalue weighted by atomic mass is 10.1. The van der Waals surface area contributed by atoms with Crippen LogP contribution in [-0.2, 0) is 14.3 Å². The van der Waals surface area contributed by atoms with Crippen LogP contribution in [-0.4, -0.2) is 56.4 Å². The fourth-order valence-corrected chi connectivity index (χ4v) is 2.03. The molecule has 2 N–H and O–H groups in total. The van der Waals surface area contributed by atoms with Crippen molar-refractivity contribution in [2.45, 2.75) is 38.3 Å². The van der Waals surface area contributed by atoms with Crippen LogP contribution < -0.4 is 5.73 Å². The minimum absolute atomic E-state index is 0.281. The Morgan fingerprint density at radius 2 is 2.35 bits per heavy atom. The van der Waals surface area contributed by atoms with Crippen molar-refractivity contribution in [3.8, 4) is 0 Å². The quantitative estimate of drug-likeness (QED) is 0.684. The molecule has 0 spiro atoms. The SMILES string of the molecule is CCOC(=O)C(N)CN(C)CC1CCCCO1. The molecule has 17 heavy (non-hydrogen) atoms. The molecule has 1 rings (SSSR count). The molecule has 1 fully saturated rings. The Bertz CT molecular complexity index is 230. The summed E-state index contributed by atoms with van der Waals surface area (Å²) in [7, 11) is 1.96. The largest absolute Gasteiger partial charge is 0.465 e. The molecule has 0 aromatic heterocycles. The third-order valence-electron chi connectivity index (χ3n) is 2.89. The summed E-state index contributed by atoms with van der Waals surface area (Å²) in [5.41, 5.74) is 5.75. The van der Waals surface area contributed by atoms with Crippen LogP contribution in [0.3, 0.4) is 0 Å². The lowest BCUT2D eigenvalue weighted by molar-refractivity contribution is -0.145. The number of carbonyl (C=O) groups is 1. The maximum absolute atomic E-state index is 11.4. The van der Waals surface area contributed by atoms with Crippen LogP contribution in [0, 0.1) is 0 Å². The van der Waals surface area contributed by atoms with E-state index in [4.69, 9.17) is 15.2 Å². The van der Waals surface area contributed by atoms with E-state index in [0.717, 1.165) is 26.0 Å². The second-order valence-corrected chi connectivity index (χ2v) is 4.57. The summed E-state index contributed by atoms with van der Waals surface area (Å²) in [5.74, 6) is -0.330. The lowest BCUT2D eigenvalue weighted by Crippen LogP contribution is -2.45. The van der Waals surface area contributed by atoms with Crippen molar-refractivity contribution >= 4 is 5.97 Å². The number of nitrogens with zero attached hydrogens (tertiary/aromatic N) is 1. The molecule has 1 aliphatic heterocycles. The van der Waals surface area contributed by atoms with Crippen LogP contribution in [0.2, 0.25) is 0 Å². The molecule has 0 amide bonds. The molecule has 0 bridgehead atoms. The van der Waals surface area contributed by atoms with Crippen LogP contribution in [0.25, 0.3) is 0 Å². The van der Waals surface area contributed by atoms with Crippen LogP contribution in [0.15, 0.2) is 0 Å². The average molecular weight is 244 g/mol. The number of nitrogens with two attached hydrogens (primary N) is 1. The van der Waals surface area contributed by atoms with E-state index in [1.807, 2.05) is 11.9 Å². The van der Waals surface area contributed by atoms with E-state index in [2.05, 4.69) is 0 Å². The molecule has 0 saturated carbocycles. The lowest BCUT2D eigenvalue weighted by Gasteiger charge is -2.28. The first-order valence-electron chi connectivity index (χ1n) is 6.35. The summed E-state index contributed by atoms with van der Waals surface area (Å²) in [4.78, 5) is 13.4. The number of likely N-dealkylation sites (N-methyl/N-ethyl adjacent to an activating group) is 1. The first kappa shape index (κ1) is 14.4. The second-order valence-electron chi connectivity index (χ2n) is 4.57. The van der Waals surface area contributed by atoms with Crippen molar-refractivity contribution in [1.29, 1.82) is 0 Å². The molecule has 100 valence electrons. The van der Waals surface area contributed by atoms with Gasteiger partial charge in [-0.25, -0.2) is 0 Å². The fraction of sp³-hybridized carbons (Fsp3) is 0.917. The van der Waals surface area contributed by atoms with Crippen LogP contribution >= 0.6 is 0 Å². The maximum Gasteiger partial charge on any atom is 0.324 e. The fourth-order valence-electron chi connectivity index (χ4n) is 2.03. The van der Waals surface area contributed by atoms with Gasteiger partial charge in [0.1, 0.15) is 6.04 Å². The van der Waals surface area contributed by atoms with E-state index in [1.54, 1.807) is 6.92 Å². The zero-order valence-corrected chi connectivity index (χ0v) is 10.9. The highest BCUT2D eigenvalue weighted by molar-refractivity contribution is 5.75. The predicted molar refractivity (Wildman–Crippen MR) is 65.7 cm³/mol.